The van der Waals surface area contributed by atoms with E-state index in [1.54, 1.807) is 0 Å². The van der Waals surface area contributed by atoms with Crippen LogP contribution in [0.15, 0.2) is 53.3 Å². The van der Waals surface area contributed by atoms with Gasteiger partial charge in [-0.1, -0.05) is 29.5 Å². The Balaban J connectivity index is 1.78. The molecule has 2 aromatic carbocycles. The van der Waals surface area contributed by atoms with Crippen molar-refractivity contribution >= 4 is 23.2 Å². The number of aliphatic carboxylic acids is 1. The maximum absolute atomic E-state index is 12.2. The maximum Gasteiger partial charge on any atom is 0.328 e. The van der Waals surface area contributed by atoms with E-state index in [2.05, 4.69) is 25.4 Å². The van der Waals surface area contributed by atoms with Gasteiger partial charge in [0.15, 0.2) is 11.2 Å². The fraction of sp³-hybridized carbons (Fsp3) is 0.0952. The van der Waals surface area contributed by atoms with E-state index in [1.165, 1.54) is 6.08 Å². The SMILES string of the molecule is CCOc1cc(-c2cccc(/C=C/C(=O)O)c2)ccc1-c1nc2[nH]nnc2c(=O)[nH]1. The van der Waals surface area contributed by atoms with Gasteiger partial charge in [-0.05, 0) is 47.9 Å². The Morgan fingerprint density at radius 3 is 2.83 bits per heavy atom. The molecule has 4 aromatic rings. The van der Waals surface area contributed by atoms with Gasteiger partial charge < -0.3 is 14.8 Å². The molecule has 4 rings (SSSR count). The van der Waals surface area contributed by atoms with E-state index in [-0.39, 0.29) is 11.2 Å². The van der Waals surface area contributed by atoms with Crippen LogP contribution >= 0.6 is 0 Å². The second kappa shape index (κ2) is 8.00. The largest absolute Gasteiger partial charge is 0.493 e. The summed E-state index contributed by atoms with van der Waals surface area (Å²) in [6.07, 6.45) is 2.63. The van der Waals surface area contributed by atoms with Gasteiger partial charge in [-0.15, -0.1) is 5.10 Å². The van der Waals surface area contributed by atoms with Gasteiger partial charge in [0, 0.05) is 6.08 Å². The molecule has 2 heterocycles. The van der Waals surface area contributed by atoms with Crippen LogP contribution in [0.5, 0.6) is 5.75 Å². The van der Waals surface area contributed by atoms with E-state index < -0.39 is 11.5 Å². The number of ether oxygens (including phenoxy) is 1. The van der Waals surface area contributed by atoms with Crippen LogP contribution in [0.1, 0.15) is 12.5 Å². The molecule has 30 heavy (non-hydrogen) atoms. The first-order valence-electron chi connectivity index (χ1n) is 9.15. The number of rotatable bonds is 6. The number of fused-ring (bicyclic) bond motifs is 1. The van der Waals surface area contributed by atoms with Crippen LogP contribution in [0.4, 0.5) is 0 Å². The number of carbonyl (C=O) groups is 1. The third-order valence-corrected chi connectivity index (χ3v) is 4.38. The highest BCUT2D eigenvalue weighted by atomic mass is 16.5. The molecule has 0 saturated heterocycles. The number of carboxylic acid groups (broad SMARTS) is 1. The number of carboxylic acids is 1. The molecule has 0 aliphatic carbocycles. The van der Waals surface area contributed by atoms with E-state index in [0.717, 1.165) is 22.8 Å². The molecule has 9 nitrogen and oxygen atoms in total. The van der Waals surface area contributed by atoms with Crippen molar-refractivity contribution in [1.29, 1.82) is 0 Å². The Morgan fingerprint density at radius 1 is 1.20 bits per heavy atom. The van der Waals surface area contributed by atoms with Crippen LogP contribution in [0.25, 0.3) is 39.8 Å². The summed E-state index contributed by atoms with van der Waals surface area (Å²) < 4.78 is 5.80. The molecule has 0 aliphatic rings. The first kappa shape index (κ1) is 19.1. The van der Waals surface area contributed by atoms with Crippen LogP contribution in [0.3, 0.4) is 0 Å². The van der Waals surface area contributed by atoms with Crippen molar-refractivity contribution in [2.45, 2.75) is 6.92 Å². The highest BCUT2D eigenvalue weighted by Crippen LogP contribution is 2.33. The van der Waals surface area contributed by atoms with E-state index in [0.29, 0.717) is 23.7 Å². The van der Waals surface area contributed by atoms with E-state index in [4.69, 9.17) is 9.84 Å². The lowest BCUT2D eigenvalue weighted by Crippen LogP contribution is -2.10. The van der Waals surface area contributed by atoms with Crippen molar-refractivity contribution in [1.82, 2.24) is 25.4 Å². The van der Waals surface area contributed by atoms with Gasteiger partial charge in [0.05, 0.1) is 12.2 Å². The summed E-state index contributed by atoms with van der Waals surface area (Å²) in [4.78, 5) is 30.1. The van der Waals surface area contributed by atoms with E-state index >= 15 is 0 Å². The Bertz CT molecular complexity index is 1320. The summed E-state index contributed by atoms with van der Waals surface area (Å²) in [7, 11) is 0. The number of nitrogens with one attached hydrogen (secondary N) is 2. The second-order valence-electron chi connectivity index (χ2n) is 6.36. The quantitative estimate of drug-likeness (QED) is 0.421. The molecule has 0 fully saturated rings. The molecule has 0 bridgehead atoms. The fourth-order valence-electron chi connectivity index (χ4n) is 3.05. The first-order valence-corrected chi connectivity index (χ1v) is 9.15. The van der Waals surface area contributed by atoms with Gasteiger partial charge in [0.25, 0.3) is 5.56 Å². The van der Waals surface area contributed by atoms with Gasteiger partial charge >= 0.3 is 5.97 Å². The van der Waals surface area contributed by atoms with Gasteiger partial charge in [0.1, 0.15) is 11.6 Å². The third-order valence-electron chi connectivity index (χ3n) is 4.38. The highest BCUT2D eigenvalue weighted by molar-refractivity contribution is 5.86. The number of benzene rings is 2. The molecule has 0 amide bonds. The van der Waals surface area contributed by atoms with E-state index in [1.807, 2.05) is 49.4 Å². The third kappa shape index (κ3) is 3.81. The summed E-state index contributed by atoms with van der Waals surface area (Å²) in [6.45, 7) is 2.29. The molecule has 2 aromatic heterocycles. The molecule has 0 radical (unpaired) electrons. The molecule has 0 aliphatic heterocycles. The number of aromatic amines is 2. The molecule has 0 saturated carbocycles. The summed E-state index contributed by atoms with van der Waals surface area (Å²) in [5.41, 5.74) is 3.19. The molecule has 9 heteroatoms. The monoisotopic (exact) mass is 403 g/mol. The molecule has 0 spiro atoms. The number of H-pyrrole nitrogens is 2. The average Bonchev–Trinajstić information content (AvgIpc) is 3.22. The smallest absolute Gasteiger partial charge is 0.328 e. The Morgan fingerprint density at radius 2 is 2.03 bits per heavy atom. The summed E-state index contributed by atoms with van der Waals surface area (Å²) >= 11 is 0. The predicted octanol–water partition coefficient (Wildman–Crippen LogP) is 2.87. The highest BCUT2D eigenvalue weighted by Gasteiger charge is 2.14. The summed E-state index contributed by atoms with van der Waals surface area (Å²) in [6, 6.07) is 13.0. The molecule has 0 atom stereocenters. The number of hydrogen-bond donors (Lipinski definition) is 3. The molecule has 150 valence electrons. The van der Waals surface area contributed by atoms with Crippen molar-refractivity contribution < 1.29 is 14.6 Å². The topological polar surface area (TPSA) is 134 Å². The van der Waals surface area contributed by atoms with Crippen molar-refractivity contribution in [3.05, 3.63) is 64.5 Å². The van der Waals surface area contributed by atoms with Crippen LogP contribution in [-0.4, -0.2) is 43.1 Å². The Labute approximate surface area is 170 Å². The maximum atomic E-state index is 12.2. The summed E-state index contributed by atoms with van der Waals surface area (Å²) in [5, 5.41) is 18.8. The van der Waals surface area contributed by atoms with Crippen molar-refractivity contribution in [2.75, 3.05) is 6.61 Å². The zero-order chi connectivity index (χ0) is 21.1. The van der Waals surface area contributed by atoms with Crippen LogP contribution in [-0.2, 0) is 4.79 Å². The number of hydrogen-bond acceptors (Lipinski definition) is 6. The van der Waals surface area contributed by atoms with Crippen LogP contribution in [0.2, 0.25) is 0 Å². The van der Waals surface area contributed by atoms with Crippen molar-refractivity contribution in [2.24, 2.45) is 0 Å². The minimum atomic E-state index is -1.01. The van der Waals surface area contributed by atoms with Crippen molar-refractivity contribution in [3.63, 3.8) is 0 Å². The number of aromatic nitrogens is 5. The zero-order valence-electron chi connectivity index (χ0n) is 15.9. The van der Waals surface area contributed by atoms with Crippen LogP contribution < -0.4 is 10.3 Å². The normalized spacial score (nSPS) is 11.2. The Hall–Kier alpha value is -4.27. The van der Waals surface area contributed by atoms with Gasteiger partial charge in [-0.3, -0.25) is 4.79 Å². The number of nitrogens with zero attached hydrogens (tertiary/aromatic N) is 3. The van der Waals surface area contributed by atoms with Gasteiger partial charge in [-0.2, -0.15) is 0 Å². The minimum absolute atomic E-state index is 0.138. The fourth-order valence-corrected chi connectivity index (χ4v) is 3.05. The lowest BCUT2D eigenvalue weighted by atomic mass is 10.0. The van der Waals surface area contributed by atoms with Crippen molar-refractivity contribution in [3.8, 4) is 28.3 Å². The summed E-state index contributed by atoms with van der Waals surface area (Å²) in [5.74, 6) is -0.113. The van der Waals surface area contributed by atoms with Gasteiger partial charge in [0.2, 0.25) is 0 Å². The molecule has 3 N–H and O–H groups in total. The standard InChI is InChI=1S/C21H17N5O4/c1-2-30-16-11-14(13-5-3-4-12(10-13)6-9-17(27)28)7-8-15(16)19-22-20-18(21(29)23-19)24-26-25-20/h3-11H,2H2,1H3,(H,27,28)(H2,22,23,24,25,26,29)/b9-6+. The minimum Gasteiger partial charge on any atom is -0.493 e. The average molecular weight is 403 g/mol. The first-order chi connectivity index (χ1) is 14.5. The lowest BCUT2D eigenvalue weighted by Gasteiger charge is -2.12. The Kier molecular flexibility index (Phi) is 5.08. The zero-order valence-corrected chi connectivity index (χ0v) is 15.9. The molecular formula is C21H17N5O4. The molecular weight excluding hydrogens is 386 g/mol. The second-order valence-corrected chi connectivity index (χ2v) is 6.36. The lowest BCUT2D eigenvalue weighted by molar-refractivity contribution is -0.131. The van der Waals surface area contributed by atoms with E-state index in [9.17, 15) is 9.59 Å². The molecule has 0 unspecified atom stereocenters. The van der Waals surface area contributed by atoms with Crippen LogP contribution in [0, 0.1) is 0 Å². The predicted molar refractivity (Wildman–Crippen MR) is 111 cm³/mol. The van der Waals surface area contributed by atoms with Gasteiger partial charge in [-0.25, -0.2) is 14.9 Å².